The molecule has 1 aromatic carbocycles. The van der Waals surface area contributed by atoms with E-state index >= 15 is 0 Å². The van der Waals surface area contributed by atoms with Gasteiger partial charge in [-0.05, 0) is 34.7 Å². The monoisotopic (exact) mass is 343 g/mol. The molecule has 0 aliphatic carbocycles. The quantitative estimate of drug-likeness (QED) is 0.487. The number of rotatable bonds is 3. The highest BCUT2D eigenvalue weighted by molar-refractivity contribution is 14.1. The highest BCUT2D eigenvalue weighted by atomic mass is 127. The Hall–Kier alpha value is -1.77. The Morgan fingerprint density at radius 2 is 2.00 bits per heavy atom. The van der Waals surface area contributed by atoms with E-state index in [0.717, 1.165) is 3.57 Å². The lowest BCUT2D eigenvalue weighted by Gasteiger charge is -2.04. The van der Waals surface area contributed by atoms with Gasteiger partial charge in [0.1, 0.15) is 12.1 Å². The summed E-state index contributed by atoms with van der Waals surface area (Å²) in [6, 6.07) is 5.80. The number of benzene rings is 1. The summed E-state index contributed by atoms with van der Waals surface area (Å²) in [6.45, 7) is 0. The van der Waals surface area contributed by atoms with Crippen LogP contribution >= 0.6 is 22.6 Å². The van der Waals surface area contributed by atoms with Crippen LogP contribution in [0.5, 0.6) is 11.6 Å². The average molecular weight is 343 g/mol. The molecule has 86 valence electrons. The molecule has 0 fully saturated rings. The second-order valence-corrected chi connectivity index (χ2v) is 4.19. The lowest BCUT2D eigenvalue weighted by atomic mass is 10.3. The van der Waals surface area contributed by atoms with Crippen LogP contribution < -0.4 is 4.74 Å². The van der Waals surface area contributed by atoms with Gasteiger partial charge in [-0.1, -0.05) is 0 Å². The van der Waals surface area contributed by atoms with Crippen molar-refractivity contribution in [1.29, 1.82) is 0 Å². The molecule has 2 rings (SSSR count). The Morgan fingerprint density at radius 3 is 2.59 bits per heavy atom. The molecule has 0 spiro atoms. The van der Waals surface area contributed by atoms with Gasteiger partial charge in [0.05, 0.1) is 8.49 Å². The normalized spacial score (nSPS) is 9.94. The molecule has 6 nitrogen and oxygen atoms in total. The molecule has 0 bridgehead atoms. The van der Waals surface area contributed by atoms with E-state index in [2.05, 4.69) is 9.97 Å². The lowest BCUT2D eigenvalue weighted by molar-refractivity contribution is -0.384. The topological polar surface area (TPSA) is 78.2 Å². The van der Waals surface area contributed by atoms with Gasteiger partial charge in [-0.15, -0.1) is 0 Å². The third-order valence-electron chi connectivity index (χ3n) is 1.90. The van der Waals surface area contributed by atoms with Crippen molar-refractivity contribution in [2.45, 2.75) is 0 Å². The van der Waals surface area contributed by atoms with Gasteiger partial charge in [0.15, 0.2) is 0 Å². The number of non-ortho nitro benzene ring substituents is 1. The minimum absolute atomic E-state index is 0.0229. The minimum atomic E-state index is -0.460. The van der Waals surface area contributed by atoms with E-state index in [1.165, 1.54) is 30.6 Å². The summed E-state index contributed by atoms with van der Waals surface area (Å²) in [4.78, 5) is 17.8. The van der Waals surface area contributed by atoms with Crippen molar-refractivity contribution in [3.63, 3.8) is 0 Å². The number of halogens is 1. The number of nitro benzene ring substituents is 1. The molecule has 0 saturated heterocycles. The van der Waals surface area contributed by atoms with Gasteiger partial charge >= 0.3 is 0 Å². The number of ether oxygens (including phenoxy) is 1. The predicted molar refractivity (Wildman–Crippen MR) is 67.9 cm³/mol. The van der Waals surface area contributed by atoms with Crippen molar-refractivity contribution < 1.29 is 9.66 Å². The van der Waals surface area contributed by atoms with Crippen LogP contribution in [0.4, 0.5) is 5.69 Å². The van der Waals surface area contributed by atoms with Crippen LogP contribution in [0.3, 0.4) is 0 Å². The second kappa shape index (κ2) is 5.04. The molecule has 1 aromatic heterocycles. The Kier molecular flexibility index (Phi) is 3.47. The fourth-order valence-corrected chi connectivity index (χ4v) is 1.53. The third-order valence-corrected chi connectivity index (χ3v) is 2.64. The Bertz CT molecular complexity index is 545. The van der Waals surface area contributed by atoms with E-state index in [4.69, 9.17) is 4.74 Å². The van der Waals surface area contributed by atoms with E-state index in [1.807, 2.05) is 22.6 Å². The fourth-order valence-electron chi connectivity index (χ4n) is 1.12. The van der Waals surface area contributed by atoms with Crippen LogP contribution in [0, 0.1) is 13.7 Å². The van der Waals surface area contributed by atoms with E-state index in [-0.39, 0.29) is 5.69 Å². The molecule has 0 radical (unpaired) electrons. The molecule has 0 atom stereocenters. The minimum Gasteiger partial charge on any atom is -0.438 e. The van der Waals surface area contributed by atoms with E-state index in [9.17, 15) is 10.1 Å². The fraction of sp³-hybridized carbons (Fsp3) is 0. The average Bonchev–Trinajstić information content (AvgIpc) is 2.33. The van der Waals surface area contributed by atoms with Gasteiger partial charge in [0.2, 0.25) is 5.88 Å². The lowest BCUT2D eigenvalue weighted by Crippen LogP contribution is -1.92. The number of hydrogen-bond acceptors (Lipinski definition) is 5. The van der Waals surface area contributed by atoms with Crippen LogP contribution in [-0.4, -0.2) is 14.9 Å². The standard InChI is InChI=1S/C10H6IN3O3/c11-9-5-12-6-13-10(9)17-8-3-1-7(2-4-8)14(15)16/h1-6H. The first-order valence-corrected chi connectivity index (χ1v) is 5.62. The molecule has 17 heavy (non-hydrogen) atoms. The zero-order chi connectivity index (χ0) is 12.3. The molecular weight excluding hydrogens is 337 g/mol. The van der Waals surface area contributed by atoms with E-state index in [1.54, 1.807) is 6.20 Å². The zero-order valence-corrected chi connectivity index (χ0v) is 10.6. The van der Waals surface area contributed by atoms with Gasteiger partial charge in [-0.2, -0.15) is 0 Å². The van der Waals surface area contributed by atoms with Gasteiger partial charge in [0, 0.05) is 18.3 Å². The summed E-state index contributed by atoms with van der Waals surface area (Å²) in [5, 5.41) is 10.5. The summed E-state index contributed by atoms with van der Waals surface area (Å²) < 4.78 is 6.23. The van der Waals surface area contributed by atoms with Crippen LogP contribution in [0.1, 0.15) is 0 Å². The van der Waals surface area contributed by atoms with Gasteiger partial charge in [-0.25, -0.2) is 9.97 Å². The molecule has 0 aliphatic heterocycles. The summed E-state index contributed by atoms with van der Waals surface area (Å²) in [6.07, 6.45) is 3.00. The predicted octanol–water partition coefficient (Wildman–Crippen LogP) is 2.78. The van der Waals surface area contributed by atoms with Gasteiger partial charge < -0.3 is 4.74 Å². The van der Waals surface area contributed by atoms with Crippen molar-refractivity contribution in [3.8, 4) is 11.6 Å². The summed E-state index contributed by atoms with van der Waals surface area (Å²) >= 11 is 2.05. The highest BCUT2D eigenvalue weighted by Gasteiger charge is 2.07. The molecule has 0 unspecified atom stereocenters. The molecule has 0 amide bonds. The zero-order valence-electron chi connectivity index (χ0n) is 8.41. The maximum absolute atomic E-state index is 10.5. The van der Waals surface area contributed by atoms with Crippen LogP contribution in [-0.2, 0) is 0 Å². The summed E-state index contributed by atoms with van der Waals surface area (Å²) in [5.74, 6) is 0.918. The first-order chi connectivity index (χ1) is 8.16. The van der Waals surface area contributed by atoms with Crippen molar-refractivity contribution in [2.75, 3.05) is 0 Å². The summed E-state index contributed by atoms with van der Waals surface area (Å²) in [5.41, 5.74) is 0.0229. The van der Waals surface area contributed by atoms with E-state index in [0.29, 0.717) is 11.6 Å². The Labute approximate surface area is 110 Å². The maximum atomic E-state index is 10.5. The van der Waals surface area contributed by atoms with Crippen LogP contribution in [0.2, 0.25) is 0 Å². The Morgan fingerprint density at radius 1 is 1.29 bits per heavy atom. The van der Waals surface area contributed by atoms with Crippen molar-refractivity contribution in [2.24, 2.45) is 0 Å². The number of nitrogens with zero attached hydrogens (tertiary/aromatic N) is 3. The molecule has 2 aromatic rings. The van der Waals surface area contributed by atoms with Crippen molar-refractivity contribution >= 4 is 28.3 Å². The second-order valence-electron chi connectivity index (χ2n) is 3.03. The molecule has 7 heteroatoms. The van der Waals surface area contributed by atoms with Crippen LogP contribution in [0.25, 0.3) is 0 Å². The molecular formula is C10H6IN3O3. The summed E-state index contributed by atoms with van der Waals surface area (Å²) in [7, 11) is 0. The number of aromatic nitrogens is 2. The third kappa shape index (κ3) is 2.87. The van der Waals surface area contributed by atoms with Gasteiger partial charge in [0.25, 0.3) is 5.69 Å². The smallest absolute Gasteiger partial charge is 0.269 e. The highest BCUT2D eigenvalue weighted by Crippen LogP contribution is 2.24. The van der Waals surface area contributed by atoms with Crippen LogP contribution in [0.15, 0.2) is 36.8 Å². The molecule has 0 aliphatic rings. The molecule has 0 N–H and O–H groups in total. The molecule has 1 heterocycles. The number of hydrogen-bond donors (Lipinski definition) is 0. The Balaban J connectivity index is 2.20. The SMILES string of the molecule is O=[N+]([O-])c1ccc(Oc2ncncc2I)cc1. The first-order valence-electron chi connectivity index (χ1n) is 4.54. The van der Waals surface area contributed by atoms with Crippen molar-refractivity contribution in [1.82, 2.24) is 9.97 Å². The molecule has 0 saturated carbocycles. The maximum Gasteiger partial charge on any atom is 0.269 e. The largest absolute Gasteiger partial charge is 0.438 e. The number of nitro groups is 1. The van der Waals surface area contributed by atoms with Gasteiger partial charge in [-0.3, -0.25) is 10.1 Å². The van der Waals surface area contributed by atoms with E-state index < -0.39 is 4.92 Å². The first kappa shape index (κ1) is 11.7. The van der Waals surface area contributed by atoms with Crippen molar-refractivity contribution in [3.05, 3.63) is 50.5 Å².